The Labute approximate surface area is 294 Å². The van der Waals surface area contributed by atoms with Crippen LogP contribution in [-0.4, -0.2) is 15.0 Å². The molecule has 47 heavy (non-hydrogen) atoms. The SMILES string of the molecule is [2H]c1c([2H])c([2H])c(-c2nc(-c3ccc(-c4cccc5oc6ccccc6c45)cc3)nc(-c3c([2H])c([2H])c([2H])c4c([2H])c(-c5c([2H])c([2H])c([2H])c([2H])c5[2H])c([2H])c([2H])c34)n2)c([2H])c1[2H]. The minimum absolute atomic E-state index is 0.131. The van der Waals surface area contributed by atoms with Crippen LogP contribution in [0.4, 0.5) is 0 Å². The standard InChI is InChI=1S/C43H27N3O/c1-3-11-28(12-4-1)32-25-26-34-33(27-32)15-9-18-36(34)43-45-41(30-13-5-2-6-14-30)44-42(46-43)31-23-21-29(22-24-31)35-17-10-20-39-40(35)37-16-7-8-19-38(37)47-39/h1-27H/i1D,2D,3D,4D,5D,6D,9D,11D,12D,13D,14D,15D,18D,25D,26D,27D. The molecule has 0 aliphatic carbocycles. The van der Waals surface area contributed by atoms with Crippen LogP contribution in [0.2, 0.25) is 0 Å². The molecule has 4 heteroatoms. The van der Waals surface area contributed by atoms with Crippen molar-refractivity contribution < 1.29 is 26.3 Å². The summed E-state index contributed by atoms with van der Waals surface area (Å²) in [6.45, 7) is 0. The number of fused-ring (bicyclic) bond motifs is 4. The molecule has 0 unspecified atom stereocenters. The van der Waals surface area contributed by atoms with E-state index in [0.29, 0.717) is 16.7 Å². The van der Waals surface area contributed by atoms with E-state index in [4.69, 9.17) is 23.6 Å². The van der Waals surface area contributed by atoms with Crippen molar-refractivity contribution in [1.82, 2.24) is 15.0 Å². The van der Waals surface area contributed by atoms with E-state index in [1.165, 1.54) is 0 Å². The van der Waals surface area contributed by atoms with Crippen molar-refractivity contribution in [3.63, 3.8) is 0 Å². The largest absolute Gasteiger partial charge is 0.456 e. The van der Waals surface area contributed by atoms with E-state index in [-0.39, 0.29) is 5.82 Å². The van der Waals surface area contributed by atoms with Gasteiger partial charge in [-0.15, -0.1) is 0 Å². The van der Waals surface area contributed by atoms with E-state index in [2.05, 4.69) is 15.0 Å². The van der Waals surface area contributed by atoms with Crippen molar-refractivity contribution >= 4 is 32.7 Å². The van der Waals surface area contributed by atoms with Gasteiger partial charge in [-0.05, 0) is 51.2 Å². The molecule has 0 N–H and O–H groups in total. The molecule has 220 valence electrons. The molecule has 0 fully saturated rings. The molecule has 0 bridgehead atoms. The van der Waals surface area contributed by atoms with Crippen molar-refractivity contribution in [2.24, 2.45) is 0 Å². The Morgan fingerprint density at radius 2 is 1.11 bits per heavy atom. The Hall–Kier alpha value is -6.39. The number of furan rings is 1. The second kappa shape index (κ2) is 11.2. The molecule has 9 rings (SSSR count). The molecule has 2 aromatic heterocycles. The summed E-state index contributed by atoms with van der Waals surface area (Å²) in [7, 11) is 0. The van der Waals surface area contributed by atoms with Crippen LogP contribution in [0.25, 0.3) is 89.1 Å². The summed E-state index contributed by atoms with van der Waals surface area (Å²) in [5.74, 6) is -1.04. The molecule has 4 nitrogen and oxygen atoms in total. The van der Waals surface area contributed by atoms with E-state index in [1.807, 2.05) is 42.5 Å². The Kier molecular flexibility index (Phi) is 3.64. The van der Waals surface area contributed by atoms with Crippen LogP contribution in [0.1, 0.15) is 21.9 Å². The van der Waals surface area contributed by atoms with Crippen LogP contribution in [0.5, 0.6) is 0 Å². The molecular formula is C43H27N3O. The van der Waals surface area contributed by atoms with Crippen LogP contribution in [0.15, 0.2) is 168 Å². The quantitative estimate of drug-likeness (QED) is 0.193. The normalized spacial score (nSPS) is 16.2. The highest BCUT2D eigenvalue weighted by Gasteiger charge is 2.16. The topological polar surface area (TPSA) is 51.8 Å². The zero-order chi connectivity index (χ0) is 45.1. The lowest BCUT2D eigenvalue weighted by Gasteiger charge is -2.12. The zero-order valence-corrected chi connectivity index (χ0v) is 24.1. The van der Waals surface area contributed by atoms with Crippen LogP contribution in [-0.2, 0) is 0 Å². The Morgan fingerprint density at radius 3 is 1.91 bits per heavy atom. The van der Waals surface area contributed by atoms with Crippen LogP contribution in [0.3, 0.4) is 0 Å². The second-order valence-corrected chi connectivity index (χ2v) is 10.4. The van der Waals surface area contributed by atoms with E-state index < -0.39 is 141 Å². The van der Waals surface area contributed by atoms with Gasteiger partial charge in [-0.1, -0.05) is 145 Å². The van der Waals surface area contributed by atoms with Gasteiger partial charge in [0.25, 0.3) is 0 Å². The zero-order valence-electron chi connectivity index (χ0n) is 40.1. The fraction of sp³-hybridized carbons (Fsp3) is 0. The van der Waals surface area contributed by atoms with E-state index in [1.54, 1.807) is 24.3 Å². The van der Waals surface area contributed by atoms with Gasteiger partial charge in [0.2, 0.25) is 0 Å². The highest BCUT2D eigenvalue weighted by Crippen LogP contribution is 2.37. The molecule has 0 spiro atoms. The average Bonchev–Trinajstić information content (AvgIpc) is 3.67. The summed E-state index contributed by atoms with van der Waals surface area (Å²) in [6, 6.07) is 8.58. The lowest BCUT2D eigenvalue weighted by molar-refractivity contribution is 0.669. The first kappa shape index (κ1) is 15.3. The summed E-state index contributed by atoms with van der Waals surface area (Å²) in [6.07, 6.45) is 0. The fourth-order valence-electron chi connectivity index (χ4n) is 5.48. The van der Waals surface area contributed by atoms with Gasteiger partial charge < -0.3 is 4.42 Å². The third kappa shape index (κ3) is 4.84. The predicted molar refractivity (Wildman–Crippen MR) is 192 cm³/mol. The van der Waals surface area contributed by atoms with Crippen molar-refractivity contribution in [3.05, 3.63) is 163 Å². The lowest BCUT2D eigenvalue weighted by atomic mass is 9.98. The Balaban J connectivity index is 1.33. The molecule has 0 saturated carbocycles. The van der Waals surface area contributed by atoms with Gasteiger partial charge in [0, 0.05) is 27.5 Å². The number of hydrogen-bond donors (Lipinski definition) is 0. The molecule has 0 amide bonds. The fourth-order valence-corrected chi connectivity index (χ4v) is 5.48. The van der Waals surface area contributed by atoms with E-state index >= 15 is 0 Å². The summed E-state index contributed by atoms with van der Waals surface area (Å²) in [4.78, 5) is 13.7. The predicted octanol–water partition coefficient (Wildman–Crippen LogP) is 11.3. The third-order valence-corrected chi connectivity index (χ3v) is 7.63. The van der Waals surface area contributed by atoms with E-state index in [0.717, 1.165) is 21.9 Å². The number of benzene rings is 7. The minimum atomic E-state index is -0.792. The lowest BCUT2D eigenvalue weighted by Crippen LogP contribution is -2.00. The Bertz CT molecular complexity index is 3420. The summed E-state index contributed by atoms with van der Waals surface area (Å²) in [5.41, 5.74) is 1.34. The highest BCUT2D eigenvalue weighted by molar-refractivity contribution is 6.12. The molecule has 0 saturated heterocycles. The summed E-state index contributed by atoms with van der Waals surface area (Å²) >= 11 is 0. The monoisotopic (exact) mass is 617 g/mol. The summed E-state index contributed by atoms with van der Waals surface area (Å²) in [5, 5.41) is 0.885. The van der Waals surface area contributed by atoms with Crippen LogP contribution in [0, 0.1) is 0 Å². The first-order chi connectivity index (χ1) is 29.9. The second-order valence-electron chi connectivity index (χ2n) is 10.4. The molecule has 2 heterocycles. The average molecular weight is 618 g/mol. The molecule has 0 atom stereocenters. The smallest absolute Gasteiger partial charge is 0.164 e. The number of para-hydroxylation sites is 1. The first-order valence-electron chi connectivity index (χ1n) is 22.4. The molecular weight excluding hydrogens is 574 g/mol. The van der Waals surface area contributed by atoms with Crippen molar-refractivity contribution in [2.45, 2.75) is 0 Å². The van der Waals surface area contributed by atoms with E-state index in [9.17, 15) is 2.74 Å². The number of hydrogen-bond acceptors (Lipinski definition) is 4. The number of rotatable bonds is 5. The molecule has 0 radical (unpaired) electrons. The number of nitrogens with zero attached hydrogens (tertiary/aromatic N) is 3. The van der Waals surface area contributed by atoms with Crippen molar-refractivity contribution in [3.8, 4) is 56.4 Å². The van der Waals surface area contributed by atoms with Gasteiger partial charge in [-0.25, -0.2) is 15.0 Å². The van der Waals surface area contributed by atoms with Gasteiger partial charge in [0.15, 0.2) is 17.5 Å². The molecule has 0 aliphatic heterocycles. The maximum atomic E-state index is 9.25. The molecule has 7 aromatic carbocycles. The first-order valence-corrected chi connectivity index (χ1v) is 14.4. The van der Waals surface area contributed by atoms with Gasteiger partial charge in [-0.3, -0.25) is 0 Å². The van der Waals surface area contributed by atoms with Crippen LogP contribution >= 0.6 is 0 Å². The third-order valence-electron chi connectivity index (χ3n) is 7.63. The highest BCUT2D eigenvalue weighted by atomic mass is 16.3. The van der Waals surface area contributed by atoms with Crippen molar-refractivity contribution in [2.75, 3.05) is 0 Å². The molecule has 9 aromatic rings. The van der Waals surface area contributed by atoms with Gasteiger partial charge in [0.05, 0.1) is 21.9 Å². The Morgan fingerprint density at radius 1 is 0.426 bits per heavy atom. The van der Waals surface area contributed by atoms with Crippen molar-refractivity contribution in [1.29, 1.82) is 0 Å². The minimum Gasteiger partial charge on any atom is -0.456 e. The summed E-state index contributed by atoms with van der Waals surface area (Å²) < 4.78 is 144. The maximum absolute atomic E-state index is 9.25. The maximum Gasteiger partial charge on any atom is 0.164 e. The number of aromatic nitrogens is 3. The molecule has 0 aliphatic rings. The van der Waals surface area contributed by atoms with Crippen LogP contribution < -0.4 is 0 Å². The van der Waals surface area contributed by atoms with Gasteiger partial charge in [0.1, 0.15) is 11.2 Å². The van der Waals surface area contributed by atoms with Gasteiger partial charge >= 0.3 is 0 Å². The van der Waals surface area contributed by atoms with Gasteiger partial charge in [-0.2, -0.15) is 0 Å².